The fourth-order valence-corrected chi connectivity index (χ4v) is 4.76. The summed E-state index contributed by atoms with van der Waals surface area (Å²) in [6.07, 6.45) is 2.64. The van der Waals surface area contributed by atoms with Gasteiger partial charge in [0.2, 0.25) is 5.89 Å². The summed E-state index contributed by atoms with van der Waals surface area (Å²) in [6, 6.07) is 18.5. The number of ether oxygens (including phenoxy) is 2. The molecule has 38 heavy (non-hydrogen) atoms. The molecule has 1 amide bonds. The second-order valence-electron chi connectivity index (χ2n) is 9.51. The highest BCUT2D eigenvalue weighted by atomic mass is 16.5. The quantitative estimate of drug-likeness (QED) is 0.320. The van der Waals surface area contributed by atoms with E-state index in [1.54, 1.807) is 11.8 Å². The van der Waals surface area contributed by atoms with Crippen molar-refractivity contribution in [3.63, 3.8) is 0 Å². The molecule has 1 fully saturated rings. The number of oxazole rings is 1. The van der Waals surface area contributed by atoms with Gasteiger partial charge in [0.25, 0.3) is 5.91 Å². The summed E-state index contributed by atoms with van der Waals surface area (Å²) >= 11 is 0. The number of carbonyl (C=O) groups excluding carboxylic acids is 2. The van der Waals surface area contributed by atoms with Gasteiger partial charge in [0, 0.05) is 25.7 Å². The van der Waals surface area contributed by atoms with Crippen molar-refractivity contribution in [2.45, 2.75) is 52.7 Å². The van der Waals surface area contributed by atoms with Crippen LogP contribution >= 0.6 is 0 Å². The Bertz CT molecular complexity index is 1170. The van der Waals surface area contributed by atoms with Crippen LogP contribution in [0.3, 0.4) is 0 Å². The number of aromatic nitrogens is 1. The molecule has 202 valence electrons. The van der Waals surface area contributed by atoms with E-state index in [0.29, 0.717) is 63.8 Å². The molecule has 3 aromatic rings. The number of amides is 1. The lowest BCUT2D eigenvalue weighted by molar-refractivity contribution is -0.149. The molecular weight excluding hydrogens is 482 g/mol. The Morgan fingerprint density at radius 3 is 2.39 bits per heavy atom. The molecule has 1 aromatic heterocycles. The van der Waals surface area contributed by atoms with Gasteiger partial charge in [-0.2, -0.15) is 0 Å². The molecule has 1 atom stereocenters. The van der Waals surface area contributed by atoms with Gasteiger partial charge in [-0.15, -0.1) is 0 Å². The predicted molar refractivity (Wildman–Crippen MR) is 143 cm³/mol. The van der Waals surface area contributed by atoms with E-state index >= 15 is 0 Å². The van der Waals surface area contributed by atoms with E-state index in [9.17, 15) is 9.59 Å². The van der Waals surface area contributed by atoms with Crippen LogP contribution in [0.2, 0.25) is 0 Å². The summed E-state index contributed by atoms with van der Waals surface area (Å²) < 4.78 is 16.5. The third-order valence-corrected chi connectivity index (χ3v) is 6.96. The molecule has 0 radical (unpaired) electrons. The zero-order valence-corrected chi connectivity index (χ0v) is 22.5. The number of hydrogen-bond acceptors (Lipinski definition) is 7. The Labute approximate surface area is 224 Å². The average molecular weight is 520 g/mol. The van der Waals surface area contributed by atoms with Gasteiger partial charge in [-0.25, -0.2) is 4.98 Å². The first-order valence-electron chi connectivity index (χ1n) is 13.4. The van der Waals surface area contributed by atoms with E-state index in [1.807, 2.05) is 37.3 Å². The molecule has 0 unspecified atom stereocenters. The van der Waals surface area contributed by atoms with Crippen molar-refractivity contribution in [3.05, 3.63) is 83.6 Å². The maximum Gasteiger partial charge on any atom is 0.309 e. The SMILES string of the molecule is CCOC(=O)C1CCN(C(=O)c2coc(CN(Cc3ccc(OCC)cc3)[C@H](C)c3ccccc3)n2)CC1. The maximum absolute atomic E-state index is 13.1. The molecule has 0 aliphatic carbocycles. The van der Waals surface area contributed by atoms with Crippen LogP contribution in [0.1, 0.15) is 67.2 Å². The van der Waals surface area contributed by atoms with Crippen molar-refractivity contribution in [1.82, 2.24) is 14.8 Å². The fourth-order valence-electron chi connectivity index (χ4n) is 4.76. The van der Waals surface area contributed by atoms with Crippen LogP contribution in [0.15, 0.2) is 65.3 Å². The van der Waals surface area contributed by atoms with E-state index < -0.39 is 0 Å². The number of rotatable bonds is 11. The Kier molecular flexibility index (Phi) is 9.54. The van der Waals surface area contributed by atoms with Gasteiger partial charge >= 0.3 is 5.97 Å². The molecule has 1 aliphatic heterocycles. The second-order valence-corrected chi connectivity index (χ2v) is 9.51. The van der Waals surface area contributed by atoms with Gasteiger partial charge in [0.1, 0.15) is 12.0 Å². The normalized spacial score (nSPS) is 14.9. The topological polar surface area (TPSA) is 85.1 Å². The van der Waals surface area contributed by atoms with E-state index in [2.05, 4.69) is 41.1 Å². The van der Waals surface area contributed by atoms with Crippen LogP contribution in [-0.4, -0.2) is 53.0 Å². The molecule has 1 saturated heterocycles. The van der Waals surface area contributed by atoms with Gasteiger partial charge in [0.15, 0.2) is 5.69 Å². The molecule has 4 rings (SSSR count). The Balaban J connectivity index is 1.44. The standard InChI is InChI=1S/C30H37N3O5/c1-4-36-26-13-11-23(12-14-26)19-33(22(3)24-9-7-6-8-10-24)20-28-31-27(21-38-28)29(34)32-17-15-25(16-18-32)30(35)37-5-2/h6-14,21-22,25H,4-5,15-20H2,1-3H3/t22-/m1/s1. The first-order valence-corrected chi connectivity index (χ1v) is 13.4. The number of piperidine rings is 1. The third kappa shape index (κ3) is 7.01. The number of benzene rings is 2. The minimum absolute atomic E-state index is 0.0933. The van der Waals surface area contributed by atoms with Crippen LogP contribution in [0.5, 0.6) is 5.75 Å². The highest BCUT2D eigenvalue weighted by Gasteiger charge is 2.30. The molecule has 0 bridgehead atoms. The Hall–Kier alpha value is -3.65. The van der Waals surface area contributed by atoms with Gasteiger partial charge in [-0.05, 0) is 56.9 Å². The average Bonchev–Trinajstić information content (AvgIpc) is 3.42. The predicted octanol–water partition coefficient (Wildman–Crippen LogP) is 5.25. The molecule has 8 nitrogen and oxygen atoms in total. The minimum Gasteiger partial charge on any atom is -0.494 e. The summed E-state index contributed by atoms with van der Waals surface area (Å²) in [4.78, 5) is 33.7. The molecule has 0 N–H and O–H groups in total. The Morgan fingerprint density at radius 2 is 1.74 bits per heavy atom. The first-order chi connectivity index (χ1) is 18.5. The summed E-state index contributed by atoms with van der Waals surface area (Å²) in [6.45, 7) is 9.06. The zero-order valence-electron chi connectivity index (χ0n) is 22.5. The molecule has 8 heteroatoms. The van der Waals surface area contributed by atoms with E-state index in [0.717, 1.165) is 11.3 Å². The number of likely N-dealkylation sites (tertiary alicyclic amines) is 1. The molecule has 0 spiro atoms. The van der Waals surface area contributed by atoms with Crippen LogP contribution in [0.4, 0.5) is 0 Å². The van der Waals surface area contributed by atoms with Crippen LogP contribution in [0, 0.1) is 5.92 Å². The second kappa shape index (κ2) is 13.2. The third-order valence-electron chi connectivity index (χ3n) is 6.96. The van der Waals surface area contributed by atoms with Gasteiger partial charge < -0.3 is 18.8 Å². The van der Waals surface area contributed by atoms with Gasteiger partial charge in [-0.3, -0.25) is 14.5 Å². The van der Waals surface area contributed by atoms with Crippen molar-refractivity contribution < 1.29 is 23.5 Å². The van der Waals surface area contributed by atoms with E-state index in [4.69, 9.17) is 13.9 Å². The van der Waals surface area contributed by atoms with Gasteiger partial charge in [-0.1, -0.05) is 42.5 Å². The summed E-state index contributed by atoms with van der Waals surface area (Å²) in [5, 5.41) is 0. The van der Waals surface area contributed by atoms with Crippen molar-refractivity contribution in [1.29, 1.82) is 0 Å². The van der Waals surface area contributed by atoms with Crippen LogP contribution in [0.25, 0.3) is 0 Å². The molecular formula is C30H37N3O5. The number of nitrogens with zero attached hydrogens (tertiary/aromatic N) is 3. The number of carbonyl (C=O) groups is 2. The minimum atomic E-state index is -0.177. The summed E-state index contributed by atoms with van der Waals surface area (Å²) in [5.74, 6) is 0.840. The highest BCUT2D eigenvalue weighted by Crippen LogP contribution is 2.26. The fraction of sp³-hybridized carbons (Fsp3) is 0.433. The summed E-state index contributed by atoms with van der Waals surface area (Å²) in [7, 11) is 0. The molecule has 2 heterocycles. The van der Waals surface area contributed by atoms with Gasteiger partial charge in [0.05, 0.1) is 25.7 Å². The van der Waals surface area contributed by atoms with Crippen molar-refractivity contribution in [2.24, 2.45) is 5.92 Å². The number of hydrogen-bond donors (Lipinski definition) is 0. The van der Waals surface area contributed by atoms with Crippen molar-refractivity contribution in [3.8, 4) is 5.75 Å². The van der Waals surface area contributed by atoms with Crippen LogP contribution < -0.4 is 4.74 Å². The van der Waals surface area contributed by atoms with Crippen molar-refractivity contribution in [2.75, 3.05) is 26.3 Å². The Morgan fingerprint density at radius 1 is 1.03 bits per heavy atom. The van der Waals surface area contributed by atoms with E-state index in [-0.39, 0.29) is 23.8 Å². The first kappa shape index (κ1) is 27.4. The lowest BCUT2D eigenvalue weighted by Crippen LogP contribution is -2.40. The smallest absolute Gasteiger partial charge is 0.309 e. The molecule has 1 aliphatic rings. The van der Waals surface area contributed by atoms with Crippen molar-refractivity contribution >= 4 is 11.9 Å². The number of esters is 1. The maximum atomic E-state index is 13.1. The lowest BCUT2D eigenvalue weighted by atomic mass is 9.97. The largest absolute Gasteiger partial charge is 0.494 e. The monoisotopic (exact) mass is 519 g/mol. The molecule has 2 aromatic carbocycles. The molecule has 0 saturated carbocycles. The highest BCUT2D eigenvalue weighted by molar-refractivity contribution is 5.92. The van der Waals surface area contributed by atoms with E-state index in [1.165, 1.54) is 11.8 Å². The zero-order chi connectivity index (χ0) is 26.9. The lowest BCUT2D eigenvalue weighted by Gasteiger charge is -2.30. The summed E-state index contributed by atoms with van der Waals surface area (Å²) in [5.41, 5.74) is 2.62. The van der Waals surface area contributed by atoms with Crippen LogP contribution in [-0.2, 0) is 22.6 Å².